The lowest BCUT2D eigenvalue weighted by Gasteiger charge is -2.22. The van der Waals surface area contributed by atoms with E-state index in [0.717, 1.165) is 25.7 Å². The molecule has 0 saturated heterocycles. The summed E-state index contributed by atoms with van der Waals surface area (Å²) in [5, 5.41) is 0. The van der Waals surface area contributed by atoms with Gasteiger partial charge in [0.25, 0.3) is 0 Å². The molecule has 1 fully saturated rings. The van der Waals surface area contributed by atoms with Crippen molar-refractivity contribution in [3.63, 3.8) is 0 Å². The first-order valence-corrected chi connectivity index (χ1v) is 5.59. The Morgan fingerprint density at radius 3 is 2.18 bits per heavy atom. The smallest absolute Gasteiger partial charge is 0.0948 e. The third-order valence-corrected chi connectivity index (χ3v) is 3.04. The molecule has 0 bridgehead atoms. The highest BCUT2D eigenvalue weighted by Gasteiger charge is 2.15. The van der Waals surface area contributed by atoms with Gasteiger partial charge in [-0.15, -0.1) is 0 Å². The molecule has 1 aliphatic rings. The van der Waals surface area contributed by atoms with Gasteiger partial charge in [-0.05, 0) is 18.8 Å². The lowest BCUT2D eigenvalue weighted by Crippen LogP contribution is -2.17. The predicted octanol–water partition coefficient (Wildman–Crippen LogP) is 1.11. The van der Waals surface area contributed by atoms with Gasteiger partial charge in [0.15, 0.2) is 0 Å². The highest BCUT2D eigenvalue weighted by atomic mass is 32.2. The fourth-order valence-electron chi connectivity index (χ4n) is 1.64. The van der Waals surface area contributed by atoms with Crippen LogP contribution in [0.4, 0.5) is 0 Å². The molecule has 0 amide bonds. The van der Waals surface area contributed by atoms with E-state index in [1.54, 1.807) is 0 Å². The first-order chi connectivity index (χ1) is 5.08. The van der Waals surface area contributed by atoms with Gasteiger partial charge in [-0.1, -0.05) is 19.3 Å². The van der Waals surface area contributed by atoms with Gasteiger partial charge < -0.3 is 4.55 Å². The van der Waals surface area contributed by atoms with Crippen LogP contribution in [0.3, 0.4) is 0 Å². The van der Waals surface area contributed by atoms with E-state index in [4.69, 9.17) is 0 Å². The minimum Gasteiger partial charge on any atom is -0.748 e. The van der Waals surface area contributed by atoms with Crippen LogP contribution in [-0.4, -0.2) is 18.7 Å². The second-order valence-corrected chi connectivity index (χ2v) is 4.68. The minimum atomic E-state index is -3.97. The number of hydrogen-bond acceptors (Lipinski definition) is 3. The zero-order chi connectivity index (χ0) is 8.32. The molecular formula is C7H13O3S-. The average molecular weight is 177 g/mol. The second kappa shape index (κ2) is 3.54. The monoisotopic (exact) mass is 177 g/mol. The third kappa shape index (κ3) is 3.72. The van der Waals surface area contributed by atoms with Crippen molar-refractivity contribution in [2.45, 2.75) is 32.1 Å². The van der Waals surface area contributed by atoms with Gasteiger partial charge in [0.1, 0.15) is 0 Å². The van der Waals surface area contributed by atoms with Crippen molar-refractivity contribution < 1.29 is 13.0 Å². The van der Waals surface area contributed by atoms with Crippen LogP contribution in [0.25, 0.3) is 0 Å². The molecule has 0 aromatic carbocycles. The molecule has 0 radical (unpaired) electrons. The highest BCUT2D eigenvalue weighted by Crippen LogP contribution is 2.24. The van der Waals surface area contributed by atoms with Gasteiger partial charge in [-0.25, -0.2) is 8.42 Å². The fraction of sp³-hybridized carbons (Fsp3) is 1.00. The molecular weight excluding hydrogens is 164 g/mol. The van der Waals surface area contributed by atoms with Crippen molar-refractivity contribution in [1.82, 2.24) is 0 Å². The molecule has 0 unspecified atom stereocenters. The van der Waals surface area contributed by atoms with E-state index in [0.29, 0.717) is 0 Å². The van der Waals surface area contributed by atoms with E-state index in [9.17, 15) is 13.0 Å². The van der Waals surface area contributed by atoms with E-state index in [2.05, 4.69) is 0 Å². The summed E-state index contributed by atoms with van der Waals surface area (Å²) in [6, 6.07) is 0. The average Bonchev–Trinajstić information content (AvgIpc) is 1.85. The van der Waals surface area contributed by atoms with Crippen LogP contribution in [0.5, 0.6) is 0 Å². The molecule has 0 spiro atoms. The Kier molecular flexibility index (Phi) is 2.90. The van der Waals surface area contributed by atoms with Crippen molar-refractivity contribution in [3.8, 4) is 0 Å². The molecule has 0 atom stereocenters. The Hall–Kier alpha value is -0.0900. The molecule has 0 aliphatic heterocycles. The number of hydrogen-bond donors (Lipinski definition) is 0. The molecule has 0 aromatic rings. The van der Waals surface area contributed by atoms with Crippen molar-refractivity contribution in [3.05, 3.63) is 0 Å². The van der Waals surface area contributed by atoms with Crippen LogP contribution in [0.2, 0.25) is 0 Å². The standard InChI is InChI=1S/C7H14O3S/c8-11(9,10)6-7-4-2-1-3-5-7/h7H,1-6H2,(H,8,9,10)/p-1. The van der Waals surface area contributed by atoms with Gasteiger partial charge in [0.05, 0.1) is 10.1 Å². The van der Waals surface area contributed by atoms with Crippen LogP contribution in [-0.2, 0) is 10.1 Å². The lowest BCUT2D eigenvalue weighted by atomic mass is 9.91. The van der Waals surface area contributed by atoms with E-state index >= 15 is 0 Å². The first-order valence-electron chi connectivity index (χ1n) is 4.01. The largest absolute Gasteiger partial charge is 0.748 e. The van der Waals surface area contributed by atoms with Crippen LogP contribution in [0, 0.1) is 5.92 Å². The summed E-state index contributed by atoms with van der Waals surface area (Å²) < 4.78 is 31.0. The van der Waals surface area contributed by atoms with E-state index in [1.165, 1.54) is 6.42 Å². The Morgan fingerprint density at radius 1 is 1.18 bits per heavy atom. The summed E-state index contributed by atoms with van der Waals surface area (Å²) in [4.78, 5) is 0. The van der Waals surface area contributed by atoms with Gasteiger partial charge in [-0.3, -0.25) is 0 Å². The van der Waals surface area contributed by atoms with Gasteiger partial charge in [0.2, 0.25) is 0 Å². The normalized spacial score (nSPS) is 21.9. The van der Waals surface area contributed by atoms with Crippen LogP contribution < -0.4 is 0 Å². The molecule has 11 heavy (non-hydrogen) atoms. The zero-order valence-electron chi connectivity index (χ0n) is 6.45. The van der Waals surface area contributed by atoms with Crippen molar-refractivity contribution >= 4 is 10.1 Å². The van der Waals surface area contributed by atoms with E-state index in [1.807, 2.05) is 0 Å². The zero-order valence-corrected chi connectivity index (χ0v) is 7.27. The highest BCUT2D eigenvalue weighted by molar-refractivity contribution is 7.85. The van der Waals surface area contributed by atoms with Crippen LogP contribution in [0.15, 0.2) is 0 Å². The Balaban J connectivity index is 2.36. The molecule has 0 aromatic heterocycles. The quantitative estimate of drug-likeness (QED) is 0.594. The lowest BCUT2D eigenvalue weighted by molar-refractivity contribution is 0.370. The Bertz CT molecular complexity index is 202. The summed E-state index contributed by atoms with van der Waals surface area (Å²) in [6.07, 6.45) is 5.19. The van der Waals surface area contributed by atoms with E-state index in [-0.39, 0.29) is 11.7 Å². The maximum atomic E-state index is 10.3. The molecule has 1 aliphatic carbocycles. The number of rotatable bonds is 2. The third-order valence-electron chi connectivity index (χ3n) is 2.16. The molecule has 3 nitrogen and oxygen atoms in total. The molecule has 66 valence electrons. The van der Waals surface area contributed by atoms with Crippen molar-refractivity contribution in [2.75, 3.05) is 5.75 Å². The molecule has 1 saturated carbocycles. The van der Waals surface area contributed by atoms with E-state index < -0.39 is 10.1 Å². The molecule has 0 N–H and O–H groups in total. The summed E-state index contributed by atoms with van der Waals surface area (Å²) in [5.74, 6) is -0.00116. The Labute approximate surface area is 67.6 Å². The first kappa shape index (κ1) is 9.00. The van der Waals surface area contributed by atoms with Crippen molar-refractivity contribution in [2.24, 2.45) is 5.92 Å². The second-order valence-electron chi connectivity index (χ2n) is 3.23. The molecule has 4 heteroatoms. The fourth-order valence-corrected chi connectivity index (χ4v) is 2.55. The van der Waals surface area contributed by atoms with Crippen LogP contribution >= 0.6 is 0 Å². The minimum absolute atomic E-state index is 0.145. The summed E-state index contributed by atoms with van der Waals surface area (Å²) >= 11 is 0. The maximum Gasteiger partial charge on any atom is 0.0948 e. The van der Waals surface area contributed by atoms with Gasteiger partial charge in [-0.2, -0.15) is 0 Å². The van der Waals surface area contributed by atoms with Crippen molar-refractivity contribution in [1.29, 1.82) is 0 Å². The summed E-state index contributed by atoms with van der Waals surface area (Å²) in [7, 11) is -3.97. The summed E-state index contributed by atoms with van der Waals surface area (Å²) in [6.45, 7) is 0. The van der Waals surface area contributed by atoms with Gasteiger partial charge >= 0.3 is 0 Å². The Morgan fingerprint density at radius 2 is 1.73 bits per heavy atom. The predicted molar refractivity (Wildman–Crippen MR) is 41.1 cm³/mol. The van der Waals surface area contributed by atoms with Crippen LogP contribution in [0.1, 0.15) is 32.1 Å². The topological polar surface area (TPSA) is 57.2 Å². The summed E-state index contributed by atoms with van der Waals surface area (Å²) in [5.41, 5.74) is 0. The SMILES string of the molecule is O=S(=O)([O-])CC1CCCCC1. The molecule has 0 heterocycles. The van der Waals surface area contributed by atoms with Gasteiger partial charge in [0, 0.05) is 5.75 Å². The molecule has 1 rings (SSSR count). The maximum absolute atomic E-state index is 10.3.